The van der Waals surface area contributed by atoms with Gasteiger partial charge in [0.2, 0.25) is 5.91 Å². The van der Waals surface area contributed by atoms with Crippen LogP contribution in [-0.2, 0) is 11.2 Å². The van der Waals surface area contributed by atoms with Crippen LogP contribution in [0.5, 0.6) is 0 Å². The number of nitrogens with zero attached hydrogens (tertiary/aromatic N) is 1. The molecule has 0 bridgehead atoms. The van der Waals surface area contributed by atoms with E-state index in [0.717, 1.165) is 16.8 Å². The number of carbonyl (C=O) groups is 1. The van der Waals surface area contributed by atoms with Crippen molar-refractivity contribution < 1.29 is 18.0 Å². The Morgan fingerprint density at radius 2 is 1.88 bits per heavy atom. The van der Waals surface area contributed by atoms with Gasteiger partial charge in [0.25, 0.3) is 0 Å². The molecule has 1 aliphatic heterocycles. The molecule has 140 valence electrons. The summed E-state index contributed by atoms with van der Waals surface area (Å²) in [5.74, 6) is -0.385. The van der Waals surface area contributed by atoms with E-state index in [-0.39, 0.29) is 18.0 Å². The molecule has 1 heterocycles. The molecule has 1 atom stereocenters. The van der Waals surface area contributed by atoms with Gasteiger partial charge >= 0.3 is 6.18 Å². The molecule has 1 fully saturated rings. The highest BCUT2D eigenvalue weighted by Crippen LogP contribution is 2.44. The van der Waals surface area contributed by atoms with Crippen molar-refractivity contribution in [1.82, 2.24) is 10.4 Å². The van der Waals surface area contributed by atoms with Gasteiger partial charge in [-0.1, -0.05) is 49.7 Å². The summed E-state index contributed by atoms with van der Waals surface area (Å²) in [6.45, 7) is 5.27. The molecule has 0 radical (unpaired) electrons. The first kappa shape index (κ1) is 18.7. The van der Waals surface area contributed by atoms with E-state index in [2.05, 4.69) is 5.43 Å². The van der Waals surface area contributed by atoms with Gasteiger partial charge < -0.3 is 0 Å². The van der Waals surface area contributed by atoms with Crippen molar-refractivity contribution in [3.05, 3.63) is 47.5 Å². The van der Waals surface area contributed by atoms with E-state index in [0.29, 0.717) is 17.4 Å². The average molecular weight is 364 g/mol. The van der Waals surface area contributed by atoms with Crippen molar-refractivity contribution in [3.8, 4) is 0 Å². The summed E-state index contributed by atoms with van der Waals surface area (Å²) >= 11 is 0. The Labute approximate surface area is 151 Å². The number of rotatable bonds is 4. The lowest BCUT2D eigenvalue weighted by Crippen LogP contribution is -2.44. The average Bonchev–Trinajstić information content (AvgIpc) is 2.81. The molecule has 6 heteroatoms. The quantitative estimate of drug-likeness (QED) is 0.848. The molecular formula is C20H23F3N2O. The minimum absolute atomic E-state index is 0.00476. The molecule has 0 aliphatic carbocycles. The van der Waals surface area contributed by atoms with Crippen LogP contribution in [0.15, 0.2) is 36.4 Å². The zero-order valence-electron chi connectivity index (χ0n) is 15.2. The van der Waals surface area contributed by atoms with Crippen molar-refractivity contribution in [1.29, 1.82) is 0 Å². The van der Waals surface area contributed by atoms with Crippen LogP contribution in [0, 0.1) is 5.41 Å². The fourth-order valence-electron chi connectivity index (χ4n) is 3.62. The summed E-state index contributed by atoms with van der Waals surface area (Å²) in [4.78, 5) is 12.1. The summed E-state index contributed by atoms with van der Waals surface area (Å²) in [5, 5.41) is 2.41. The molecule has 0 saturated carbocycles. The van der Waals surface area contributed by atoms with Gasteiger partial charge in [-0.25, -0.2) is 5.01 Å². The predicted octanol–water partition coefficient (Wildman–Crippen LogP) is 4.77. The maximum absolute atomic E-state index is 14.2. The maximum Gasteiger partial charge on any atom is 0.409 e. The van der Waals surface area contributed by atoms with Gasteiger partial charge in [0.1, 0.15) is 0 Å². The van der Waals surface area contributed by atoms with Gasteiger partial charge in [0.15, 0.2) is 6.04 Å². The number of nitrogens with one attached hydrogen (secondary N) is 1. The summed E-state index contributed by atoms with van der Waals surface area (Å²) in [7, 11) is 0. The van der Waals surface area contributed by atoms with Crippen LogP contribution in [0.3, 0.4) is 0 Å². The van der Waals surface area contributed by atoms with Crippen LogP contribution in [0.2, 0.25) is 0 Å². The number of aryl methyl sites for hydroxylation is 1. The van der Waals surface area contributed by atoms with Gasteiger partial charge in [-0.3, -0.25) is 10.2 Å². The second kappa shape index (κ2) is 6.58. The molecule has 26 heavy (non-hydrogen) atoms. The number of carbonyl (C=O) groups excluding carboxylic acids is 1. The lowest BCUT2D eigenvalue weighted by atomic mass is 9.89. The third-order valence-corrected chi connectivity index (χ3v) is 4.90. The normalized spacial score (nSPS) is 18.9. The van der Waals surface area contributed by atoms with Crippen molar-refractivity contribution in [2.24, 2.45) is 5.41 Å². The van der Waals surface area contributed by atoms with E-state index in [1.165, 1.54) is 0 Å². The molecule has 2 aromatic rings. The van der Waals surface area contributed by atoms with E-state index < -0.39 is 17.6 Å². The number of alkyl halides is 3. The number of hydrazine groups is 1. The van der Waals surface area contributed by atoms with E-state index in [1.807, 2.05) is 25.1 Å². The Hall–Kier alpha value is -2.08. The highest BCUT2D eigenvalue weighted by molar-refractivity contribution is 5.88. The monoisotopic (exact) mass is 364 g/mol. The minimum Gasteiger partial charge on any atom is -0.287 e. The Balaban J connectivity index is 2.22. The van der Waals surface area contributed by atoms with Crippen molar-refractivity contribution in [2.45, 2.75) is 45.8 Å². The van der Waals surface area contributed by atoms with Crippen molar-refractivity contribution in [2.75, 3.05) is 6.54 Å². The summed E-state index contributed by atoms with van der Waals surface area (Å²) < 4.78 is 42.6. The topological polar surface area (TPSA) is 32.3 Å². The molecule has 1 unspecified atom stereocenters. The molecule has 1 saturated heterocycles. The van der Waals surface area contributed by atoms with E-state index in [4.69, 9.17) is 0 Å². The highest BCUT2D eigenvalue weighted by atomic mass is 19.4. The van der Waals surface area contributed by atoms with E-state index >= 15 is 0 Å². The largest absolute Gasteiger partial charge is 0.409 e. The smallest absolute Gasteiger partial charge is 0.287 e. The molecule has 0 spiro atoms. The number of fused-ring (bicyclic) bond motifs is 1. The first-order valence-corrected chi connectivity index (χ1v) is 8.80. The summed E-state index contributed by atoms with van der Waals surface area (Å²) in [6.07, 6.45) is -3.22. The molecule has 2 aromatic carbocycles. The molecule has 3 rings (SSSR count). The van der Waals surface area contributed by atoms with E-state index in [1.54, 1.807) is 32.0 Å². The molecule has 3 nitrogen and oxygen atoms in total. The number of hydrogen-bond donors (Lipinski definition) is 1. The number of hydrogen-bond acceptors (Lipinski definition) is 2. The summed E-state index contributed by atoms with van der Waals surface area (Å²) in [6, 6.07) is 8.88. The van der Waals surface area contributed by atoms with Crippen LogP contribution < -0.4 is 5.43 Å². The molecule has 1 amide bonds. The zero-order valence-corrected chi connectivity index (χ0v) is 15.2. The lowest BCUT2D eigenvalue weighted by molar-refractivity contribution is -0.191. The lowest BCUT2D eigenvalue weighted by Gasteiger charge is -2.32. The Morgan fingerprint density at radius 3 is 2.46 bits per heavy atom. The molecule has 0 aromatic heterocycles. The standard InChI is InChI=1S/C20H23F3N2O/c1-4-7-14-11-10-13-8-5-6-9-15(13)16(14)17(20(21,22)23)25-12-19(2,3)18(26)24-25/h5-6,8-11,17H,4,7,12H2,1-3H3,(H,24,26). The molecule has 1 N–H and O–H groups in total. The van der Waals surface area contributed by atoms with Crippen molar-refractivity contribution >= 4 is 16.7 Å². The van der Waals surface area contributed by atoms with Gasteiger partial charge in [-0.05, 0) is 42.2 Å². The van der Waals surface area contributed by atoms with Gasteiger partial charge in [-0.15, -0.1) is 0 Å². The third-order valence-electron chi connectivity index (χ3n) is 4.90. The second-order valence-electron chi connectivity index (χ2n) is 7.51. The fourth-order valence-corrected chi connectivity index (χ4v) is 3.62. The highest BCUT2D eigenvalue weighted by Gasteiger charge is 2.52. The number of halogens is 3. The van der Waals surface area contributed by atoms with Crippen LogP contribution in [0.4, 0.5) is 13.2 Å². The van der Waals surface area contributed by atoms with Crippen molar-refractivity contribution in [3.63, 3.8) is 0 Å². The SMILES string of the molecule is CCCc1ccc2ccccc2c1C(N1CC(C)(C)C(=O)N1)C(F)(F)F. The number of benzene rings is 2. The van der Waals surface area contributed by atoms with Gasteiger partial charge in [0.05, 0.1) is 5.41 Å². The fraction of sp³-hybridized carbons (Fsp3) is 0.450. The maximum atomic E-state index is 14.2. The third kappa shape index (κ3) is 3.30. The van der Waals surface area contributed by atoms with Gasteiger partial charge in [-0.2, -0.15) is 13.2 Å². The zero-order chi connectivity index (χ0) is 19.1. The first-order valence-electron chi connectivity index (χ1n) is 8.80. The summed E-state index contributed by atoms with van der Waals surface area (Å²) in [5.41, 5.74) is 2.51. The minimum atomic E-state index is -4.51. The van der Waals surface area contributed by atoms with Gasteiger partial charge in [0, 0.05) is 6.54 Å². The van der Waals surface area contributed by atoms with Crippen LogP contribution >= 0.6 is 0 Å². The van der Waals surface area contributed by atoms with Crippen LogP contribution in [0.25, 0.3) is 10.8 Å². The molecule has 1 aliphatic rings. The second-order valence-corrected chi connectivity index (χ2v) is 7.51. The van der Waals surface area contributed by atoms with Crippen LogP contribution in [-0.4, -0.2) is 23.6 Å². The first-order chi connectivity index (χ1) is 12.1. The Morgan fingerprint density at radius 1 is 1.19 bits per heavy atom. The Bertz CT molecular complexity index is 829. The Kier molecular flexibility index (Phi) is 4.73. The van der Waals surface area contributed by atoms with E-state index in [9.17, 15) is 18.0 Å². The predicted molar refractivity (Wildman–Crippen MR) is 95.4 cm³/mol. The number of amides is 1. The van der Waals surface area contributed by atoms with Crippen LogP contribution in [0.1, 0.15) is 44.4 Å². The molecular weight excluding hydrogens is 341 g/mol.